The molecule has 0 radical (unpaired) electrons. The summed E-state index contributed by atoms with van der Waals surface area (Å²) in [5.74, 6) is -1.61. The predicted octanol–water partition coefficient (Wildman–Crippen LogP) is 9.06. The van der Waals surface area contributed by atoms with Gasteiger partial charge in [-0.1, -0.05) is 139 Å². The van der Waals surface area contributed by atoms with Gasteiger partial charge in [0.25, 0.3) is 0 Å². The molecule has 1 aromatic heterocycles. The number of esters is 2. The molecule has 22 heteroatoms. The van der Waals surface area contributed by atoms with Crippen LogP contribution in [0.25, 0.3) is 0 Å². The van der Waals surface area contributed by atoms with Gasteiger partial charge in [-0.25, -0.2) is 13.9 Å². The van der Waals surface area contributed by atoms with Gasteiger partial charge in [-0.2, -0.15) is 9.29 Å². The van der Waals surface area contributed by atoms with Gasteiger partial charge < -0.3 is 50.2 Å². The number of anilines is 1. The summed E-state index contributed by atoms with van der Waals surface area (Å²) < 4.78 is 56.6. The fourth-order valence-electron chi connectivity index (χ4n) is 7.57. The minimum absolute atomic E-state index is 0.0295. The first kappa shape index (κ1) is 66.5. The van der Waals surface area contributed by atoms with Gasteiger partial charge in [0.15, 0.2) is 12.3 Å². The van der Waals surface area contributed by atoms with Crippen molar-refractivity contribution in [3.63, 3.8) is 0 Å². The number of rotatable bonds is 43. The van der Waals surface area contributed by atoms with Crippen molar-refractivity contribution in [2.45, 2.75) is 211 Å². The molecule has 0 aliphatic carbocycles. The third-order valence-corrected chi connectivity index (χ3v) is 14.4. The van der Waals surface area contributed by atoms with Crippen LogP contribution in [0.15, 0.2) is 77.8 Å². The molecule has 0 spiro atoms. The van der Waals surface area contributed by atoms with Gasteiger partial charge in [-0.15, -0.1) is 0 Å². The van der Waals surface area contributed by atoms with Gasteiger partial charge >= 0.3 is 33.3 Å². The maximum Gasteiger partial charge on any atom is 0.481 e. The van der Waals surface area contributed by atoms with E-state index in [1.54, 1.807) is 6.08 Å². The highest BCUT2D eigenvalue weighted by Gasteiger charge is 2.46. The molecule has 422 valence electrons. The van der Waals surface area contributed by atoms with Crippen molar-refractivity contribution in [2.75, 3.05) is 25.6 Å². The molecule has 1 aromatic rings. The number of unbranched alkanes of at least 4 members (excludes halogenated alkanes) is 13. The van der Waals surface area contributed by atoms with E-state index in [9.17, 15) is 53.7 Å². The van der Waals surface area contributed by atoms with E-state index in [0.717, 1.165) is 81.4 Å². The van der Waals surface area contributed by atoms with E-state index in [1.165, 1.54) is 44.6 Å². The van der Waals surface area contributed by atoms with E-state index >= 15 is 0 Å². The van der Waals surface area contributed by atoms with E-state index in [0.29, 0.717) is 12.8 Å². The van der Waals surface area contributed by atoms with Crippen LogP contribution in [0.1, 0.15) is 174 Å². The molecule has 20 nitrogen and oxygen atoms in total. The smallest absolute Gasteiger partial charge is 0.462 e. The first-order valence-corrected chi connectivity index (χ1v) is 29.5. The number of nitrogens with zero attached hydrogens (tertiary/aromatic N) is 2. The number of carbonyl (C=O) groups is 2. The molecular formula is C52H87N3O17P2. The topological polar surface area (TPSA) is 306 Å². The van der Waals surface area contributed by atoms with Crippen LogP contribution in [-0.4, -0.2) is 108 Å². The second-order valence-electron chi connectivity index (χ2n) is 18.3. The Morgan fingerprint density at radius 2 is 1.27 bits per heavy atom. The van der Waals surface area contributed by atoms with E-state index in [1.807, 2.05) is 18.2 Å². The fourth-order valence-corrected chi connectivity index (χ4v) is 9.68. The Labute approximate surface area is 438 Å². The number of nitrogen functional groups attached to an aromatic ring is 1. The number of aliphatic hydroxyl groups excluding tert-OH is 4. The van der Waals surface area contributed by atoms with Crippen LogP contribution in [0.5, 0.6) is 0 Å². The number of aromatic nitrogens is 2. The van der Waals surface area contributed by atoms with Crippen molar-refractivity contribution in [2.24, 2.45) is 0 Å². The van der Waals surface area contributed by atoms with Crippen LogP contribution in [-0.2, 0) is 46.3 Å². The van der Waals surface area contributed by atoms with E-state index in [4.69, 9.17) is 29.0 Å². The number of hydrogen-bond acceptors (Lipinski definition) is 17. The van der Waals surface area contributed by atoms with Gasteiger partial charge in [-0.3, -0.25) is 23.2 Å². The number of nitrogens with two attached hydrogens (primary N) is 1. The van der Waals surface area contributed by atoms with Crippen LogP contribution in [0.2, 0.25) is 0 Å². The zero-order chi connectivity index (χ0) is 54.5. The summed E-state index contributed by atoms with van der Waals surface area (Å²) in [6, 6.07) is 1.23. The zero-order valence-electron chi connectivity index (χ0n) is 43.6. The summed E-state index contributed by atoms with van der Waals surface area (Å²) in [4.78, 5) is 62.0. The highest BCUT2D eigenvalue weighted by atomic mass is 31.3. The van der Waals surface area contributed by atoms with Crippen molar-refractivity contribution in [1.29, 1.82) is 0 Å². The molecule has 1 aliphatic rings. The maximum absolute atomic E-state index is 12.9. The number of phosphoric acid groups is 2. The second-order valence-corrected chi connectivity index (χ2v) is 21.3. The standard InChI is InChI=1S/C52H87N3O17P2/c1-3-5-7-9-11-13-15-17-18-19-20-21-23-25-27-29-31-35-47(58)67-39-42(70-48(59)36-32-34-44(57)43(56)33-30-28-26-24-22-16-14-12-10-8-6-4-2)40-68-73(63,64)72-74(65,66)69-41-45-49(60)50(61)51(71-45)55-38-37-46(53)54-52(55)62/h6,8,12,14,17-18,22,24,28,30,37-38,42-45,49-51,56-57,60-61H,3-5,7,9-11,13,15-16,19-21,23,25-27,29,31-36,39-41H2,1-2H3,(H,63,64)(H,65,66)(H2,53,54,62)/b8-6-,14-12-,18-17-,24-22-,30-28-/t42-,43-,44-,45-,49-,50-,51-/m1/s1. The molecule has 2 rings (SSSR count). The Kier molecular flexibility index (Phi) is 35.7. The Morgan fingerprint density at radius 3 is 1.88 bits per heavy atom. The van der Waals surface area contributed by atoms with Crippen LogP contribution < -0.4 is 11.4 Å². The van der Waals surface area contributed by atoms with Crippen molar-refractivity contribution in [3.8, 4) is 0 Å². The highest BCUT2D eigenvalue weighted by Crippen LogP contribution is 2.60. The third-order valence-electron chi connectivity index (χ3n) is 11.8. The lowest BCUT2D eigenvalue weighted by Crippen LogP contribution is -2.36. The SMILES string of the molecule is CC/C=C\C/C=C\C/C=C\C/C=C\C[C@@H](O)[C@H](O)CCCC(=O)O[C@H](COC(=O)CCCCCCCCC/C=C\CCCCCCCC)COP(=O)(O)OP(=O)(O)OC[C@H]1O[C@@H](n2ccc(N)nc2=O)[C@H](O)[C@@H]1O. The third kappa shape index (κ3) is 31.4. The number of allylic oxidation sites excluding steroid dienone is 9. The summed E-state index contributed by atoms with van der Waals surface area (Å²) in [6.07, 6.45) is 31.7. The quantitative estimate of drug-likeness (QED) is 0.0139. The largest absolute Gasteiger partial charge is 0.481 e. The number of hydrogen-bond donors (Lipinski definition) is 7. The van der Waals surface area contributed by atoms with Crippen molar-refractivity contribution in [3.05, 3.63) is 83.5 Å². The Morgan fingerprint density at radius 1 is 0.716 bits per heavy atom. The van der Waals surface area contributed by atoms with Gasteiger partial charge in [0.2, 0.25) is 0 Å². The number of phosphoric ester groups is 2. The van der Waals surface area contributed by atoms with Gasteiger partial charge in [0, 0.05) is 19.0 Å². The van der Waals surface area contributed by atoms with E-state index < -0.39 is 95.9 Å². The molecule has 1 fully saturated rings. The van der Waals surface area contributed by atoms with Crippen LogP contribution in [0.4, 0.5) is 5.82 Å². The van der Waals surface area contributed by atoms with Crippen LogP contribution >= 0.6 is 15.6 Å². The van der Waals surface area contributed by atoms with Crippen molar-refractivity contribution in [1.82, 2.24) is 9.55 Å². The minimum Gasteiger partial charge on any atom is -0.462 e. The molecular weight excluding hydrogens is 1000 g/mol. The Balaban J connectivity index is 1.86. The molecule has 2 heterocycles. The molecule has 8 N–H and O–H groups in total. The fraction of sp³-hybridized carbons (Fsp3) is 0.692. The van der Waals surface area contributed by atoms with Crippen molar-refractivity contribution >= 4 is 33.4 Å². The molecule has 1 saturated heterocycles. The number of carbonyl (C=O) groups excluding carboxylic acids is 2. The summed E-state index contributed by atoms with van der Waals surface area (Å²) in [5.41, 5.74) is 4.56. The van der Waals surface area contributed by atoms with Gasteiger partial charge in [0.05, 0.1) is 25.4 Å². The van der Waals surface area contributed by atoms with Gasteiger partial charge in [-0.05, 0) is 83.1 Å². The highest BCUT2D eigenvalue weighted by molar-refractivity contribution is 7.61. The summed E-state index contributed by atoms with van der Waals surface area (Å²) in [7, 11) is -11.0. The minimum atomic E-state index is -5.50. The van der Waals surface area contributed by atoms with Crippen molar-refractivity contribution < 1.29 is 76.5 Å². The average molecular weight is 1090 g/mol. The molecule has 0 amide bonds. The molecule has 2 unspecified atom stereocenters. The van der Waals surface area contributed by atoms with Gasteiger partial charge in [0.1, 0.15) is 30.7 Å². The normalized spacial score (nSPS) is 20.2. The molecule has 0 aromatic carbocycles. The second kappa shape index (κ2) is 39.7. The Bertz CT molecular complexity index is 2010. The van der Waals surface area contributed by atoms with E-state index in [2.05, 4.69) is 59.6 Å². The maximum atomic E-state index is 12.9. The van der Waals surface area contributed by atoms with Crippen LogP contribution in [0.3, 0.4) is 0 Å². The molecule has 0 bridgehead atoms. The number of aliphatic hydroxyl groups is 4. The monoisotopic (exact) mass is 1090 g/mol. The average Bonchev–Trinajstić information content (AvgIpc) is 3.63. The predicted molar refractivity (Wildman–Crippen MR) is 282 cm³/mol. The zero-order valence-corrected chi connectivity index (χ0v) is 45.4. The van der Waals surface area contributed by atoms with Crippen LogP contribution in [0, 0.1) is 0 Å². The summed E-state index contributed by atoms with van der Waals surface area (Å²) >= 11 is 0. The summed E-state index contributed by atoms with van der Waals surface area (Å²) in [6.45, 7) is 1.76. The molecule has 1 aliphatic heterocycles. The lowest BCUT2D eigenvalue weighted by molar-refractivity contribution is -0.161. The lowest BCUT2D eigenvalue weighted by atomic mass is 10.0. The molecule has 0 saturated carbocycles. The number of ether oxygens (including phenoxy) is 3. The van der Waals surface area contributed by atoms with E-state index in [-0.39, 0.29) is 37.9 Å². The first-order valence-electron chi connectivity index (χ1n) is 26.5. The molecule has 74 heavy (non-hydrogen) atoms. The summed E-state index contributed by atoms with van der Waals surface area (Å²) in [5, 5.41) is 41.9. The Hall–Kier alpha value is -3.62. The lowest BCUT2D eigenvalue weighted by Gasteiger charge is -2.22. The molecule has 9 atom stereocenters. The first-order chi connectivity index (χ1) is 35.5.